The van der Waals surface area contributed by atoms with E-state index in [0.29, 0.717) is 0 Å². The van der Waals surface area contributed by atoms with Gasteiger partial charge in [-0.25, -0.2) is 0 Å². The summed E-state index contributed by atoms with van der Waals surface area (Å²) in [6, 6.07) is 0. The number of hydrogen-bond donors (Lipinski definition) is 0. The van der Waals surface area contributed by atoms with E-state index in [-0.39, 0.29) is 64.6 Å². The van der Waals surface area contributed by atoms with E-state index in [1.807, 2.05) is 0 Å². The van der Waals surface area contributed by atoms with E-state index >= 15 is 0 Å². The number of unbranched alkanes of at least 4 members (excludes halogenated alkanes) is 56. The van der Waals surface area contributed by atoms with Crippen LogP contribution in [0.3, 0.4) is 0 Å². The minimum Gasteiger partial charge on any atom is -0.550 e. The molecule has 0 spiro atoms. The summed E-state index contributed by atoms with van der Waals surface area (Å²) >= 11 is 0. The fourth-order valence-corrected chi connectivity index (χ4v) is 10.6. The van der Waals surface area contributed by atoms with Crippen molar-refractivity contribution in [3.8, 4) is 0 Å². The Morgan fingerprint density at radius 1 is 0.159 bits per heavy atom. The molecule has 0 fully saturated rings. The van der Waals surface area contributed by atoms with E-state index < -0.39 is 23.9 Å². The number of carbonyl (C=O) groups excluding carboxylic acids is 4. The molecule has 0 aromatic carbocycles. The van der Waals surface area contributed by atoms with Crippen LogP contribution in [0.15, 0.2) is 0 Å². The van der Waals surface area contributed by atoms with Crippen LogP contribution in [0.4, 0.5) is 0 Å². The normalized spacial score (nSPS) is 10.6. The molecule has 10 heteroatoms. The van der Waals surface area contributed by atoms with Gasteiger partial charge in [0.2, 0.25) is 0 Å². The Balaban J connectivity index is -0.000000233. The Labute approximate surface area is 537 Å². The van der Waals surface area contributed by atoms with Gasteiger partial charge in [0.05, 0.1) is 0 Å². The molecule has 0 aromatic rings. The van der Waals surface area contributed by atoms with Gasteiger partial charge in [0, 0.05) is 23.9 Å². The molecule has 0 heterocycles. The minimum atomic E-state index is -0.903. The Bertz CT molecular complexity index is 996. The van der Waals surface area contributed by atoms with Crippen LogP contribution in [0.5, 0.6) is 0 Å². The zero-order valence-corrected chi connectivity index (χ0v) is 61.9. The molecule has 0 aromatic heterocycles. The first-order valence-corrected chi connectivity index (χ1v) is 35.9. The van der Waals surface area contributed by atoms with E-state index in [1.54, 1.807) is 0 Å². The summed E-state index contributed by atoms with van der Waals surface area (Å²) in [5.41, 5.74) is 0. The zero-order valence-electron chi connectivity index (χ0n) is 55.9. The van der Waals surface area contributed by atoms with Crippen molar-refractivity contribution in [2.45, 2.75) is 439 Å². The summed E-state index contributed by atoms with van der Waals surface area (Å²) in [5, 5.41) is 40.9. The van der Waals surface area contributed by atoms with Crippen molar-refractivity contribution >= 4 is 23.9 Å². The molecular weight excluding hydrogens is 1120 g/mol. The number of carboxylic acids is 4. The summed E-state index contributed by atoms with van der Waals surface area (Å²) in [4.78, 5) is 40.9. The number of aliphatic carboxylic acids is 4. The molecular formula is C72H140O8Zn2. The van der Waals surface area contributed by atoms with Crippen LogP contribution >= 0.6 is 0 Å². The van der Waals surface area contributed by atoms with Crippen LogP contribution in [0, 0.1) is 0 Å². The molecule has 0 aliphatic carbocycles. The number of rotatable bonds is 64. The van der Waals surface area contributed by atoms with E-state index in [2.05, 4.69) is 27.7 Å². The van der Waals surface area contributed by atoms with Gasteiger partial charge in [0.15, 0.2) is 0 Å². The second-order valence-electron chi connectivity index (χ2n) is 24.3. The first-order valence-electron chi connectivity index (χ1n) is 35.9. The minimum absolute atomic E-state index is 0. The van der Waals surface area contributed by atoms with Gasteiger partial charge in [-0.3, -0.25) is 0 Å². The smallest absolute Gasteiger partial charge is 0.550 e. The van der Waals surface area contributed by atoms with Gasteiger partial charge >= 0.3 is 39.0 Å². The average Bonchev–Trinajstić information content (AvgIpc) is 3.43. The number of carboxylic acid groups (broad SMARTS) is 4. The molecule has 0 rings (SSSR count). The van der Waals surface area contributed by atoms with Gasteiger partial charge in [-0.05, 0) is 51.4 Å². The molecule has 8 nitrogen and oxygen atoms in total. The maximum Gasteiger partial charge on any atom is 2.00 e. The largest absolute Gasteiger partial charge is 2.00 e. The molecule has 0 atom stereocenters. The molecule has 0 bridgehead atoms. The second kappa shape index (κ2) is 88.9. The topological polar surface area (TPSA) is 161 Å². The summed E-state index contributed by atoms with van der Waals surface area (Å²) in [6.07, 6.45) is 79.4. The average molecular weight is 1260 g/mol. The van der Waals surface area contributed by atoms with Crippen LogP contribution in [-0.2, 0) is 58.1 Å². The third kappa shape index (κ3) is 107. The van der Waals surface area contributed by atoms with Crippen LogP contribution < -0.4 is 20.4 Å². The maximum atomic E-state index is 10.2. The van der Waals surface area contributed by atoms with Gasteiger partial charge in [-0.15, -0.1) is 0 Å². The maximum absolute atomic E-state index is 10.2. The standard InChI is InChI=1S/4C18H36O2.2Zn/c4*1-2-3-4-5-6-7-8-9-10-11-12-13-14-15-16-17-18(19)20;;/h4*2-17H2,1H3,(H,19,20);;/q;;;;2*+2/p-4. The van der Waals surface area contributed by atoms with Crippen molar-refractivity contribution in [2.75, 3.05) is 0 Å². The summed E-state index contributed by atoms with van der Waals surface area (Å²) < 4.78 is 0. The Morgan fingerprint density at radius 2 is 0.232 bits per heavy atom. The van der Waals surface area contributed by atoms with E-state index in [4.69, 9.17) is 0 Å². The third-order valence-electron chi connectivity index (χ3n) is 15.9. The molecule has 0 amide bonds. The van der Waals surface area contributed by atoms with E-state index in [0.717, 1.165) is 51.4 Å². The number of carbonyl (C=O) groups is 4. The van der Waals surface area contributed by atoms with Gasteiger partial charge in [0.1, 0.15) is 0 Å². The van der Waals surface area contributed by atoms with Crippen molar-refractivity contribution in [3.05, 3.63) is 0 Å². The van der Waals surface area contributed by atoms with Crippen LogP contribution in [-0.4, -0.2) is 23.9 Å². The Hall–Kier alpha value is -0.873. The third-order valence-corrected chi connectivity index (χ3v) is 15.9. The quantitative estimate of drug-likeness (QED) is 0.0430. The molecule has 0 radical (unpaired) electrons. The predicted molar refractivity (Wildman–Crippen MR) is 338 cm³/mol. The molecule has 0 aliphatic heterocycles. The SMILES string of the molecule is CCCCCCCCCCCCCCCCCC(=O)[O-].CCCCCCCCCCCCCCCCCC(=O)[O-].CCCCCCCCCCCCCCCCCC(=O)[O-].CCCCCCCCCCCCCCCCCC(=O)[O-].[Zn+2].[Zn+2]. The van der Waals surface area contributed by atoms with Crippen molar-refractivity contribution in [1.29, 1.82) is 0 Å². The molecule has 82 heavy (non-hydrogen) atoms. The van der Waals surface area contributed by atoms with Crippen LogP contribution in [0.25, 0.3) is 0 Å². The van der Waals surface area contributed by atoms with Crippen molar-refractivity contribution in [2.24, 2.45) is 0 Å². The Morgan fingerprint density at radius 3 is 0.305 bits per heavy atom. The summed E-state index contributed by atoms with van der Waals surface area (Å²) in [7, 11) is 0. The Kier molecular flexibility index (Phi) is 100. The van der Waals surface area contributed by atoms with E-state index in [1.165, 1.54) is 334 Å². The summed E-state index contributed by atoms with van der Waals surface area (Å²) in [6.45, 7) is 9.07. The molecule has 0 N–H and O–H groups in total. The monoisotopic (exact) mass is 1260 g/mol. The van der Waals surface area contributed by atoms with Gasteiger partial charge in [-0.1, -0.05) is 387 Å². The molecule has 0 saturated carbocycles. The second-order valence-corrected chi connectivity index (χ2v) is 24.3. The fourth-order valence-electron chi connectivity index (χ4n) is 10.6. The van der Waals surface area contributed by atoms with Crippen molar-refractivity contribution in [3.63, 3.8) is 0 Å². The van der Waals surface area contributed by atoms with Crippen LogP contribution in [0.1, 0.15) is 439 Å². The molecule has 0 unspecified atom stereocenters. The first kappa shape index (κ1) is 92.3. The predicted octanol–water partition coefficient (Wildman–Crippen LogP) is 20.0. The zero-order chi connectivity index (χ0) is 59.6. The summed E-state index contributed by atoms with van der Waals surface area (Å²) in [5.74, 6) is -3.61. The first-order chi connectivity index (χ1) is 39.1. The van der Waals surface area contributed by atoms with E-state index in [9.17, 15) is 39.6 Å². The van der Waals surface area contributed by atoms with Crippen molar-refractivity contribution in [1.82, 2.24) is 0 Å². The van der Waals surface area contributed by atoms with Gasteiger partial charge in [0.25, 0.3) is 0 Å². The van der Waals surface area contributed by atoms with Gasteiger partial charge in [-0.2, -0.15) is 0 Å². The molecule has 480 valence electrons. The number of hydrogen-bond acceptors (Lipinski definition) is 8. The fraction of sp³-hybridized carbons (Fsp3) is 0.944. The molecule has 0 saturated heterocycles. The van der Waals surface area contributed by atoms with Crippen LogP contribution in [0.2, 0.25) is 0 Å². The van der Waals surface area contributed by atoms with Gasteiger partial charge < -0.3 is 39.6 Å². The molecule has 0 aliphatic rings. The van der Waals surface area contributed by atoms with Crippen molar-refractivity contribution < 1.29 is 78.6 Å².